The van der Waals surface area contributed by atoms with Crippen molar-refractivity contribution in [3.63, 3.8) is 0 Å². The first-order valence-electron chi connectivity index (χ1n) is 5.89. The van der Waals surface area contributed by atoms with Gasteiger partial charge in [0.1, 0.15) is 0 Å². The van der Waals surface area contributed by atoms with Gasteiger partial charge in [-0.3, -0.25) is 0 Å². The van der Waals surface area contributed by atoms with Crippen LogP contribution < -0.4 is 10.1 Å². The molecule has 3 nitrogen and oxygen atoms in total. The molecule has 0 bridgehead atoms. The number of nitrogens with zero attached hydrogens (tertiary/aromatic N) is 1. The molecular formula is C14H13F3N2O. The van der Waals surface area contributed by atoms with Crippen LogP contribution in [0.4, 0.5) is 18.9 Å². The molecule has 2 rings (SSSR count). The molecule has 1 aromatic carbocycles. The SMILES string of the molecule is COc1ccc(NCc2ccc(C(F)(F)F)cc2)cn1. The van der Waals surface area contributed by atoms with E-state index in [1.54, 1.807) is 18.3 Å². The van der Waals surface area contributed by atoms with Crippen molar-refractivity contribution in [1.29, 1.82) is 0 Å². The zero-order valence-corrected chi connectivity index (χ0v) is 10.7. The smallest absolute Gasteiger partial charge is 0.416 e. The highest BCUT2D eigenvalue weighted by atomic mass is 19.4. The summed E-state index contributed by atoms with van der Waals surface area (Å²) in [5.74, 6) is 0.505. The molecule has 0 saturated heterocycles. The van der Waals surface area contributed by atoms with Crippen LogP contribution in [0.1, 0.15) is 11.1 Å². The summed E-state index contributed by atoms with van der Waals surface area (Å²) >= 11 is 0. The van der Waals surface area contributed by atoms with Gasteiger partial charge < -0.3 is 10.1 Å². The zero-order valence-electron chi connectivity index (χ0n) is 10.7. The second-order valence-corrected chi connectivity index (χ2v) is 4.14. The van der Waals surface area contributed by atoms with E-state index in [1.807, 2.05) is 0 Å². The first kappa shape index (κ1) is 14.2. The van der Waals surface area contributed by atoms with E-state index in [2.05, 4.69) is 10.3 Å². The molecule has 0 saturated carbocycles. The van der Waals surface area contributed by atoms with Gasteiger partial charge in [-0.2, -0.15) is 13.2 Å². The predicted molar refractivity (Wildman–Crippen MR) is 69.6 cm³/mol. The third-order valence-electron chi connectivity index (χ3n) is 2.72. The maximum absolute atomic E-state index is 12.4. The Morgan fingerprint density at radius 3 is 2.30 bits per heavy atom. The molecule has 0 aliphatic rings. The third-order valence-corrected chi connectivity index (χ3v) is 2.72. The van der Waals surface area contributed by atoms with E-state index < -0.39 is 11.7 Å². The lowest BCUT2D eigenvalue weighted by atomic mass is 10.1. The average molecular weight is 282 g/mol. The lowest BCUT2D eigenvalue weighted by molar-refractivity contribution is -0.137. The summed E-state index contributed by atoms with van der Waals surface area (Å²) in [4.78, 5) is 4.02. The molecule has 2 aromatic rings. The number of methoxy groups -OCH3 is 1. The maximum Gasteiger partial charge on any atom is 0.416 e. The van der Waals surface area contributed by atoms with Crippen molar-refractivity contribution < 1.29 is 17.9 Å². The van der Waals surface area contributed by atoms with Crippen molar-refractivity contribution >= 4 is 5.69 Å². The van der Waals surface area contributed by atoms with Gasteiger partial charge in [-0.25, -0.2) is 4.98 Å². The minimum absolute atomic E-state index is 0.423. The minimum atomic E-state index is -4.30. The molecule has 0 fully saturated rings. The Balaban J connectivity index is 1.96. The number of aromatic nitrogens is 1. The number of hydrogen-bond acceptors (Lipinski definition) is 3. The van der Waals surface area contributed by atoms with Crippen LogP contribution >= 0.6 is 0 Å². The van der Waals surface area contributed by atoms with Gasteiger partial charge in [0.05, 0.1) is 24.6 Å². The fraction of sp³-hybridized carbons (Fsp3) is 0.214. The van der Waals surface area contributed by atoms with Crippen molar-refractivity contribution in [2.24, 2.45) is 0 Å². The first-order chi connectivity index (χ1) is 9.49. The number of hydrogen-bond donors (Lipinski definition) is 1. The summed E-state index contributed by atoms with van der Waals surface area (Å²) in [6.45, 7) is 0.423. The van der Waals surface area contributed by atoms with Crippen molar-refractivity contribution in [1.82, 2.24) is 4.98 Å². The molecule has 0 amide bonds. The van der Waals surface area contributed by atoms with Crippen molar-refractivity contribution in [3.05, 3.63) is 53.7 Å². The number of nitrogens with one attached hydrogen (secondary N) is 1. The zero-order chi connectivity index (χ0) is 14.6. The van der Waals surface area contributed by atoms with E-state index in [0.717, 1.165) is 23.4 Å². The lowest BCUT2D eigenvalue weighted by Gasteiger charge is -2.09. The van der Waals surface area contributed by atoms with E-state index in [0.29, 0.717) is 12.4 Å². The van der Waals surface area contributed by atoms with Crippen LogP contribution in [0, 0.1) is 0 Å². The minimum Gasteiger partial charge on any atom is -0.481 e. The molecule has 0 aliphatic heterocycles. The fourth-order valence-electron chi connectivity index (χ4n) is 1.62. The standard InChI is InChI=1S/C14H13F3N2O/c1-20-13-7-6-12(9-19-13)18-8-10-2-4-11(5-3-10)14(15,16)17/h2-7,9,18H,8H2,1H3. The third kappa shape index (κ3) is 3.63. The number of benzene rings is 1. The predicted octanol–water partition coefficient (Wildman–Crippen LogP) is 3.72. The van der Waals surface area contributed by atoms with Gasteiger partial charge in [0, 0.05) is 12.6 Å². The summed E-state index contributed by atoms with van der Waals surface area (Å²) in [5.41, 5.74) is 0.881. The monoisotopic (exact) mass is 282 g/mol. The molecule has 1 aromatic heterocycles. The van der Waals surface area contributed by atoms with Crippen LogP contribution in [-0.2, 0) is 12.7 Å². The Bertz CT molecular complexity index is 550. The molecule has 0 aliphatic carbocycles. The van der Waals surface area contributed by atoms with Gasteiger partial charge in [-0.15, -0.1) is 0 Å². The van der Waals surface area contributed by atoms with Crippen LogP contribution in [0.2, 0.25) is 0 Å². The highest BCUT2D eigenvalue weighted by Crippen LogP contribution is 2.29. The summed E-state index contributed by atoms with van der Waals surface area (Å²) in [6, 6.07) is 8.54. The Hall–Kier alpha value is -2.24. The van der Waals surface area contributed by atoms with Crippen molar-refractivity contribution in [2.75, 3.05) is 12.4 Å². The normalized spacial score (nSPS) is 11.2. The van der Waals surface area contributed by atoms with Crippen molar-refractivity contribution in [2.45, 2.75) is 12.7 Å². The van der Waals surface area contributed by atoms with Gasteiger partial charge in [0.15, 0.2) is 0 Å². The lowest BCUT2D eigenvalue weighted by Crippen LogP contribution is -2.05. The summed E-state index contributed by atoms with van der Waals surface area (Å²) in [6.07, 6.45) is -2.70. The first-order valence-corrected chi connectivity index (χ1v) is 5.89. The van der Waals surface area contributed by atoms with E-state index in [1.165, 1.54) is 19.2 Å². The number of ether oxygens (including phenoxy) is 1. The summed E-state index contributed by atoms with van der Waals surface area (Å²) in [5, 5.41) is 3.07. The molecule has 106 valence electrons. The number of anilines is 1. The molecule has 0 spiro atoms. The Kier molecular flexibility index (Phi) is 4.12. The second-order valence-electron chi connectivity index (χ2n) is 4.14. The Labute approximate surface area is 114 Å². The Morgan fingerprint density at radius 1 is 1.10 bits per heavy atom. The van der Waals surface area contributed by atoms with Gasteiger partial charge in [-0.05, 0) is 23.8 Å². The molecule has 1 heterocycles. The number of rotatable bonds is 4. The van der Waals surface area contributed by atoms with Crippen LogP contribution in [0.3, 0.4) is 0 Å². The second kappa shape index (κ2) is 5.81. The highest BCUT2D eigenvalue weighted by Gasteiger charge is 2.29. The summed E-state index contributed by atoms with van der Waals surface area (Å²) < 4.78 is 42.1. The molecule has 0 radical (unpaired) electrons. The largest absolute Gasteiger partial charge is 0.481 e. The van der Waals surface area contributed by atoms with Crippen LogP contribution in [0.5, 0.6) is 5.88 Å². The quantitative estimate of drug-likeness (QED) is 0.928. The van der Waals surface area contributed by atoms with Crippen LogP contribution in [-0.4, -0.2) is 12.1 Å². The van der Waals surface area contributed by atoms with Gasteiger partial charge in [0.2, 0.25) is 5.88 Å². The van der Waals surface area contributed by atoms with Crippen LogP contribution in [0.25, 0.3) is 0 Å². The molecule has 0 unspecified atom stereocenters. The van der Waals surface area contributed by atoms with Crippen molar-refractivity contribution in [3.8, 4) is 5.88 Å². The molecule has 6 heteroatoms. The van der Waals surface area contributed by atoms with E-state index in [4.69, 9.17) is 4.74 Å². The molecule has 20 heavy (non-hydrogen) atoms. The van der Waals surface area contributed by atoms with E-state index >= 15 is 0 Å². The number of alkyl halides is 3. The maximum atomic E-state index is 12.4. The van der Waals surface area contributed by atoms with E-state index in [9.17, 15) is 13.2 Å². The number of halogens is 3. The topological polar surface area (TPSA) is 34.1 Å². The number of pyridine rings is 1. The van der Waals surface area contributed by atoms with E-state index in [-0.39, 0.29) is 0 Å². The van der Waals surface area contributed by atoms with Gasteiger partial charge in [-0.1, -0.05) is 12.1 Å². The highest BCUT2D eigenvalue weighted by molar-refractivity contribution is 5.42. The van der Waals surface area contributed by atoms with Gasteiger partial charge >= 0.3 is 6.18 Å². The van der Waals surface area contributed by atoms with Gasteiger partial charge in [0.25, 0.3) is 0 Å². The van der Waals surface area contributed by atoms with Crippen LogP contribution in [0.15, 0.2) is 42.6 Å². The Morgan fingerprint density at radius 2 is 1.80 bits per heavy atom. The summed E-state index contributed by atoms with van der Waals surface area (Å²) in [7, 11) is 1.53. The molecular weight excluding hydrogens is 269 g/mol. The molecule has 1 N–H and O–H groups in total. The fourth-order valence-corrected chi connectivity index (χ4v) is 1.62. The molecule has 0 atom stereocenters. The average Bonchev–Trinajstić information content (AvgIpc) is 2.45.